The molecule has 22 heavy (non-hydrogen) atoms. The smallest absolute Gasteiger partial charge is 0.359 e. The largest absolute Gasteiger partial charge is 0.508 e. The molecule has 0 saturated carbocycles. The van der Waals surface area contributed by atoms with Crippen molar-refractivity contribution in [2.24, 2.45) is 4.99 Å². The Kier molecular flexibility index (Phi) is 3.47. The van der Waals surface area contributed by atoms with E-state index in [0.717, 1.165) is 11.1 Å². The van der Waals surface area contributed by atoms with E-state index in [1.54, 1.807) is 30.3 Å². The molecular formula is C17H14N2O3. The van der Waals surface area contributed by atoms with Gasteiger partial charge in [-0.3, -0.25) is 0 Å². The number of benzene rings is 2. The molecule has 2 aromatic carbocycles. The van der Waals surface area contributed by atoms with Gasteiger partial charge in [-0.05, 0) is 28.7 Å². The number of hydrogen-bond acceptors (Lipinski definition) is 4. The number of hydrogen-bond donors (Lipinski definition) is 1. The van der Waals surface area contributed by atoms with Crippen LogP contribution in [0, 0.1) is 10.1 Å². The molecule has 1 heterocycles. The predicted molar refractivity (Wildman–Crippen MR) is 83.5 cm³/mol. The zero-order valence-corrected chi connectivity index (χ0v) is 11.7. The molecule has 1 N–H and O–H groups in total. The van der Waals surface area contributed by atoms with Gasteiger partial charge in [-0.25, -0.2) is 0 Å². The average Bonchev–Trinajstić information content (AvgIpc) is 2.94. The van der Waals surface area contributed by atoms with Gasteiger partial charge in [-0.2, -0.15) is 0 Å². The van der Waals surface area contributed by atoms with Gasteiger partial charge in [0.15, 0.2) is 5.54 Å². The third-order valence-electron chi connectivity index (χ3n) is 3.69. The van der Waals surface area contributed by atoms with Gasteiger partial charge >= 0.3 is 5.84 Å². The third-order valence-corrected chi connectivity index (χ3v) is 3.69. The number of nitro groups is 1. The number of phenolic OH excluding ortho intramolecular Hbond substituents is 1. The van der Waals surface area contributed by atoms with Crippen molar-refractivity contribution in [2.75, 3.05) is 0 Å². The van der Waals surface area contributed by atoms with Crippen molar-refractivity contribution < 1.29 is 10.0 Å². The molecule has 0 bridgehead atoms. The minimum Gasteiger partial charge on any atom is -0.508 e. The summed E-state index contributed by atoms with van der Waals surface area (Å²) in [4.78, 5) is 14.9. The monoisotopic (exact) mass is 294 g/mol. The molecule has 0 radical (unpaired) electrons. The van der Waals surface area contributed by atoms with Crippen molar-refractivity contribution in [3.8, 4) is 5.75 Å². The topological polar surface area (TPSA) is 75.7 Å². The van der Waals surface area contributed by atoms with Crippen LogP contribution in [0.2, 0.25) is 0 Å². The summed E-state index contributed by atoms with van der Waals surface area (Å²) in [6.07, 6.45) is 3.72. The Bertz CT molecular complexity index is 751. The van der Waals surface area contributed by atoms with Crippen LogP contribution in [-0.2, 0) is 12.0 Å². The standard InChI is InChI=1S/C17H14N2O3/c20-15-8-6-14(7-9-15)17(11-10-16(18-17)19(21)22)12-13-4-2-1-3-5-13/h1-11,20H,12H2. The summed E-state index contributed by atoms with van der Waals surface area (Å²) in [5, 5.41) is 20.5. The number of amidine groups is 1. The van der Waals surface area contributed by atoms with Gasteiger partial charge in [0.1, 0.15) is 5.75 Å². The highest BCUT2D eigenvalue weighted by molar-refractivity contribution is 5.89. The Balaban J connectivity index is 2.06. The molecule has 1 unspecified atom stereocenters. The van der Waals surface area contributed by atoms with Crippen LogP contribution in [0.25, 0.3) is 0 Å². The summed E-state index contributed by atoms with van der Waals surface area (Å²) >= 11 is 0. The highest BCUT2D eigenvalue weighted by atomic mass is 16.6. The number of nitrogens with zero attached hydrogens (tertiary/aromatic N) is 2. The average molecular weight is 294 g/mol. The van der Waals surface area contributed by atoms with E-state index in [1.165, 1.54) is 6.08 Å². The zero-order chi connectivity index (χ0) is 15.6. The maximum atomic E-state index is 11.0. The second-order valence-electron chi connectivity index (χ2n) is 5.19. The summed E-state index contributed by atoms with van der Waals surface area (Å²) in [5.41, 5.74) is 1.04. The molecule has 0 fully saturated rings. The van der Waals surface area contributed by atoms with Crippen LogP contribution in [0.15, 0.2) is 71.7 Å². The van der Waals surface area contributed by atoms with E-state index < -0.39 is 10.5 Å². The number of aliphatic imine (C=N–C) groups is 1. The van der Waals surface area contributed by atoms with Gasteiger partial charge < -0.3 is 15.2 Å². The molecule has 1 aliphatic rings. The maximum Gasteiger partial charge on any atom is 0.359 e. The van der Waals surface area contributed by atoms with Crippen LogP contribution in [0.4, 0.5) is 0 Å². The van der Waals surface area contributed by atoms with E-state index >= 15 is 0 Å². The van der Waals surface area contributed by atoms with Gasteiger partial charge in [0.25, 0.3) is 0 Å². The normalized spacial score (nSPS) is 19.9. The summed E-state index contributed by atoms with van der Waals surface area (Å²) in [6, 6.07) is 16.3. The SMILES string of the molecule is O=[N+]([O-])C1=NC(Cc2ccccc2)(c2ccc(O)cc2)C=C1. The van der Waals surface area contributed by atoms with Crippen molar-refractivity contribution in [1.29, 1.82) is 0 Å². The minimum absolute atomic E-state index is 0.149. The molecule has 1 aliphatic heterocycles. The molecular weight excluding hydrogens is 280 g/mol. The van der Waals surface area contributed by atoms with Crippen LogP contribution in [0.5, 0.6) is 5.75 Å². The predicted octanol–water partition coefficient (Wildman–Crippen LogP) is 3.08. The Morgan fingerprint density at radius 1 is 1.09 bits per heavy atom. The Hall–Kier alpha value is -2.95. The van der Waals surface area contributed by atoms with E-state index in [4.69, 9.17) is 0 Å². The fourth-order valence-electron chi connectivity index (χ4n) is 2.61. The second-order valence-corrected chi connectivity index (χ2v) is 5.19. The minimum atomic E-state index is -0.808. The van der Waals surface area contributed by atoms with Crippen LogP contribution in [0.1, 0.15) is 11.1 Å². The fraction of sp³-hybridized carbons (Fsp3) is 0.118. The van der Waals surface area contributed by atoms with Gasteiger partial charge in [0.05, 0.1) is 0 Å². The Morgan fingerprint density at radius 2 is 1.77 bits per heavy atom. The molecule has 2 aromatic rings. The van der Waals surface area contributed by atoms with Crippen molar-refractivity contribution in [3.05, 3.63) is 88.0 Å². The first-order chi connectivity index (χ1) is 10.6. The number of phenols is 1. The van der Waals surface area contributed by atoms with Crippen molar-refractivity contribution in [3.63, 3.8) is 0 Å². The highest BCUT2D eigenvalue weighted by Crippen LogP contribution is 2.36. The van der Waals surface area contributed by atoms with Crippen LogP contribution in [-0.4, -0.2) is 15.9 Å². The van der Waals surface area contributed by atoms with E-state index in [2.05, 4.69) is 4.99 Å². The highest BCUT2D eigenvalue weighted by Gasteiger charge is 2.41. The fourth-order valence-corrected chi connectivity index (χ4v) is 2.61. The molecule has 5 nitrogen and oxygen atoms in total. The first kappa shape index (κ1) is 14.0. The summed E-state index contributed by atoms with van der Waals surface area (Å²) in [6.45, 7) is 0. The van der Waals surface area contributed by atoms with Crippen molar-refractivity contribution in [1.82, 2.24) is 0 Å². The lowest BCUT2D eigenvalue weighted by Crippen LogP contribution is -2.23. The molecule has 0 aromatic heterocycles. The van der Waals surface area contributed by atoms with E-state index in [9.17, 15) is 15.2 Å². The molecule has 0 saturated heterocycles. The molecule has 0 amide bonds. The van der Waals surface area contributed by atoms with Gasteiger partial charge in [-0.1, -0.05) is 47.5 Å². The lowest BCUT2D eigenvalue weighted by Gasteiger charge is -2.19. The molecule has 5 heteroatoms. The lowest BCUT2D eigenvalue weighted by atomic mass is 9.85. The van der Waals surface area contributed by atoms with E-state index in [-0.39, 0.29) is 11.6 Å². The molecule has 0 aliphatic carbocycles. The lowest BCUT2D eigenvalue weighted by molar-refractivity contribution is -0.348. The first-order valence-electron chi connectivity index (χ1n) is 6.86. The molecule has 0 spiro atoms. The van der Waals surface area contributed by atoms with Crippen molar-refractivity contribution >= 4 is 5.84 Å². The Labute approximate surface area is 127 Å². The van der Waals surface area contributed by atoms with Crippen molar-refractivity contribution in [2.45, 2.75) is 12.0 Å². The van der Waals surface area contributed by atoms with Crippen LogP contribution < -0.4 is 0 Å². The molecule has 110 valence electrons. The number of rotatable bonds is 3. The quantitative estimate of drug-likeness (QED) is 0.698. The van der Waals surface area contributed by atoms with E-state index in [0.29, 0.717) is 6.42 Å². The van der Waals surface area contributed by atoms with Gasteiger partial charge in [0.2, 0.25) is 0 Å². The zero-order valence-electron chi connectivity index (χ0n) is 11.7. The van der Waals surface area contributed by atoms with E-state index in [1.807, 2.05) is 30.3 Å². The maximum absolute atomic E-state index is 11.0. The molecule has 1 atom stereocenters. The third kappa shape index (κ3) is 2.61. The van der Waals surface area contributed by atoms with Gasteiger partial charge in [0, 0.05) is 18.1 Å². The van der Waals surface area contributed by atoms with Crippen LogP contribution in [0.3, 0.4) is 0 Å². The van der Waals surface area contributed by atoms with Crippen LogP contribution >= 0.6 is 0 Å². The first-order valence-corrected chi connectivity index (χ1v) is 6.86. The summed E-state index contributed by atoms with van der Waals surface area (Å²) < 4.78 is 0. The second kappa shape index (κ2) is 5.44. The Morgan fingerprint density at radius 3 is 2.36 bits per heavy atom. The summed E-state index contributed by atoms with van der Waals surface area (Å²) in [7, 11) is 0. The molecule has 3 rings (SSSR count). The summed E-state index contributed by atoms with van der Waals surface area (Å²) in [5.74, 6) is 0.00285. The number of aromatic hydroxyl groups is 1. The van der Waals surface area contributed by atoms with Gasteiger partial charge in [-0.15, -0.1) is 0 Å².